The van der Waals surface area contributed by atoms with Crippen molar-refractivity contribution < 1.29 is 9.53 Å². The van der Waals surface area contributed by atoms with E-state index in [1.807, 2.05) is 0 Å². The van der Waals surface area contributed by atoms with E-state index in [-0.39, 0.29) is 5.97 Å². The highest BCUT2D eigenvalue weighted by Gasteiger charge is 2.05. The second-order valence-corrected chi connectivity index (χ2v) is 5.78. The van der Waals surface area contributed by atoms with Crippen molar-refractivity contribution in [1.29, 1.82) is 0 Å². The molecular formula is C17H32O2. The number of hydrogen-bond acceptors (Lipinski definition) is 2. The van der Waals surface area contributed by atoms with Gasteiger partial charge in [0.1, 0.15) is 0 Å². The SMILES string of the molecule is CCCCCCC(=O)OCCC(C)CCC=C(C)C. The zero-order valence-corrected chi connectivity index (χ0v) is 13.3. The maximum atomic E-state index is 11.5. The van der Waals surface area contributed by atoms with Crippen LogP contribution in [0.2, 0.25) is 0 Å². The van der Waals surface area contributed by atoms with Crippen molar-refractivity contribution in [3.8, 4) is 0 Å². The number of esters is 1. The smallest absolute Gasteiger partial charge is 0.305 e. The van der Waals surface area contributed by atoms with E-state index in [2.05, 4.69) is 33.8 Å². The van der Waals surface area contributed by atoms with Crippen molar-refractivity contribution in [3.05, 3.63) is 11.6 Å². The number of rotatable bonds is 11. The number of hydrogen-bond donors (Lipinski definition) is 0. The Balaban J connectivity index is 3.45. The van der Waals surface area contributed by atoms with E-state index in [4.69, 9.17) is 4.74 Å². The second-order valence-electron chi connectivity index (χ2n) is 5.78. The fourth-order valence-corrected chi connectivity index (χ4v) is 1.94. The van der Waals surface area contributed by atoms with Gasteiger partial charge in [-0.05, 0) is 45.4 Å². The standard InChI is InChI=1S/C17H32O2/c1-5-6-7-8-12-17(18)19-14-13-16(4)11-9-10-15(2)3/h10,16H,5-9,11-14H2,1-4H3. The van der Waals surface area contributed by atoms with Crippen molar-refractivity contribution in [3.63, 3.8) is 0 Å². The van der Waals surface area contributed by atoms with Crippen LogP contribution in [0.15, 0.2) is 11.6 Å². The van der Waals surface area contributed by atoms with Gasteiger partial charge in [-0.2, -0.15) is 0 Å². The van der Waals surface area contributed by atoms with Gasteiger partial charge in [0.25, 0.3) is 0 Å². The lowest BCUT2D eigenvalue weighted by Crippen LogP contribution is -2.08. The molecule has 0 rings (SSSR count). The molecule has 0 aliphatic heterocycles. The lowest BCUT2D eigenvalue weighted by molar-refractivity contribution is -0.144. The zero-order chi connectivity index (χ0) is 14.5. The summed E-state index contributed by atoms with van der Waals surface area (Å²) in [6, 6.07) is 0. The van der Waals surface area contributed by atoms with Gasteiger partial charge in [-0.3, -0.25) is 4.79 Å². The molecule has 0 heterocycles. The molecule has 0 amide bonds. The Kier molecular flexibility index (Phi) is 11.7. The normalized spacial score (nSPS) is 12.0. The van der Waals surface area contributed by atoms with Crippen LogP contribution in [0.5, 0.6) is 0 Å². The second kappa shape index (κ2) is 12.3. The average molecular weight is 268 g/mol. The summed E-state index contributed by atoms with van der Waals surface area (Å²) in [5.41, 5.74) is 1.38. The van der Waals surface area contributed by atoms with E-state index in [1.165, 1.54) is 24.8 Å². The van der Waals surface area contributed by atoms with Crippen LogP contribution in [-0.2, 0) is 9.53 Å². The number of ether oxygens (including phenoxy) is 1. The maximum absolute atomic E-state index is 11.5. The molecule has 2 heteroatoms. The highest BCUT2D eigenvalue weighted by molar-refractivity contribution is 5.69. The fourth-order valence-electron chi connectivity index (χ4n) is 1.94. The van der Waals surface area contributed by atoms with Gasteiger partial charge in [0, 0.05) is 6.42 Å². The molecule has 0 spiro atoms. The van der Waals surface area contributed by atoms with Gasteiger partial charge >= 0.3 is 5.97 Å². The molecule has 0 N–H and O–H groups in total. The monoisotopic (exact) mass is 268 g/mol. The molecule has 0 saturated heterocycles. The molecule has 2 nitrogen and oxygen atoms in total. The van der Waals surface area contributed by atoms with Gasteiger partial charge in [-0.1, -0.05) is 44.8 Å². The Morgan fingerprint density at radius 3 is 2.53 bits per heavy atom. The van der Waals surface area contributed by atoms with Gasteiger partial charge in [-0.15, -0.1) is 0 Å². The van der Waals surface area contributed by atoms with E-state index >= 15 is 0 Å². The van der Waals surface area contributed by atoms with Crippen LogP contribution in [0.1, 0.15) is 79.1 Å². The van der Waals surface area contributed by atoms with Crippen LogP contribution in [-0.4, -0.2) is 12.6 Å². The summed E-state index contributed by atoms with van der Waals surface area (Å²) in [6.45, 7) is 9.25. The van der Waals surface area contributed by atoms with Crippen molar-refractivity contribution in [2.45, 2.75) is 79.1 Å². The summed E-state index contributed by atoms with van der Waals surface area (Å²) < 4.78 is 5.27. The summed E-state index contributed by atoms with van der Waals surface area (Å²) in [5.74, 6) is 0.607. The first-order valence-electron chi connectivity index (χ1n) is 7.85. The summed E-state index contributed by atoms with van der Waals surface area (Å²) in [4.78, 5) is 11.5. The minimum Gasteiger partial charge on any atom is -0.466 e. The molecule has 19 heavy (non-hydrogen) atoms. The Morgan fingerprint density at radius 2 is 1.89 bits per heavy atom. The zero-order valence-electron chi connectivity index (χ0n) is 13.3. The van der Waals surface area contributed by atoms with Gasteiger partial charge in [-0.25, -0.2) is 0 Å². The Labute approximate surface area is 119 Å². The Bertz CT molecular complexity index is 252. The van der Waals surface area contributed by atoms with E-state index in [0.717, 1.165) is 25.7 Å². The van der Waals surface area contributed by atoms with Crippen molar-refractivity contribution >= 4 is 5.97 Å². The summed E-state index contributed by atoms with van der Waals surface area (Å²) in [5, 5.41) is 0. The molecular weight excluding hydrogens is 236 g/mol. The lowest BCUT2D eigenvalue weighted by atomic mass is 10.0. The van der Waals surface area contributed by atoms with Crippen LogP contribution in [0.4, 0.5) is 0 Å². The number of unbranched alkanes of at least 4 members (excludes halogenated alkanes) is 3. The molecule has 0 bridgehead atoms. The van der Waals surface area contributed by atoms with E-state index in [9.17, 15) is 4.79 Å². The van der Waals surface area contributed by atoms with E-state index in [1.54, 1.807) is 0 Å². The van der Waals surface area contributed by atoms with Crippen LogP contribution >= 0.6 is 0 Å². The van der Waals surface area contributed by atoms with E-state index < -0.39 is 0 Å². The first-order chi connectivity index (χ1) is 9.06. The van der Waals surface area contributed by atoms with Crippen LogP contribution in [0.25, 0.3) is 0 Å². The van der Waals surface area contributed by atoms with Gasteiger partial charge in [0.05, 0.1) is 6.61 Å². The molecule has 1 unspecified atom stereocenters. The largest absolute Gasteiger partial charge is 0.466 e. The van der Waals surface area contributed by atoms with E-state index in [0.29, 0.717) is 18.9 Å². The van der Waals surface area contributed by atoms with Crippen molar-refractivity contribution in [2.24, 2.45) is 5.92 Å². The van der Waals surface area contributed by atoms with Crippen molar-refractivity contribution in [2.75, 3.05) is 6.61 Å². The predicted molar refractivity (Wildman–Crippen MR) is 82.2 cm³/mol. The number of carbonyl (C=O) groups excluding carboxylic acids is 1. The predicted octanol–water partition coefficient (Wildman–Crippen LogP) is 5.27. The van der Waals surface area contributed by atoms with Crippen LogP contribution < -0.4 is 0 Å². The van der Waals surface area contributed by atoms with Gasteiger partial charge in [0.15, 0.2) is 0 Å². The topological polar surface area (TPSA) is 26.3 Å². The molecule has 0 aromatic carbocycles. The molecule has 112 valence electrons. The Morgan fingerprint density at radius 1 is 1.16 bits per heavy atom. The summed E-state index contributed by atoms with van der Waals surface area (Å²) in [6.07, 6.45) is 10.7. The molecule has 0 fully saturated rings. The minimum atomic E-state index is -0.0207. The Hall–Kier alpha value is -0.790. The molecule has 0 aromatic rings. The number of carbonyl (C=O) groups is 1. The highest BCUT2D eigenvalue weighted by Crippen LogP contribution is 2.12. The first kappa shape index (κ1) is 18.2. The molecule has 0 aliphatic carbocycles. The third-order valence-electron chi connectivity index (χ3n) is 3.32. The van der Waals surface area contributed by atoms with Crippen LogP contribution in [0.3, 0.4) is 0 Å². The maximum Gasteiger partial charge on any atom is 0.305 e. The number of allylic oxidation sites excluding steroid dienone is 2. The van der Waals surface area contributed by atoms with Gasteiger partial charge < -0.3 is 4.74 Å². The summed E-state index contributed by atoms with van der Waals surface area (Å²) >= 11 is 0. The molecule has 0 radical (unpaired) electrons. The fraction of sp³-hybridized carbons (Fsp3) is 0.824. The van der Waals surface area contributed by atoms with Gasteiger partial charge in [0.2, 0.25) is 0 Å². The third kappa shape index (κ3) is 13.4. The molecule has 0 aromatic heterocycles. The van der Waals surface area contributed by atoms with Crippen LogP contribution in [0, 0.1) is 5.92 Å². The molecule has 0 saturated carbocycles. The quantitative estimate of drug-likeness (QED) is 0.290. The molecule has 0 aliphatic rings. The summed E-state index contributed by atoms with van der Waals surface area (Å²) in [7, 11) is 0. The average Bonchev–Trinajstić information content (AvgIpc) is 2.34. The minimum absolute atomic E-state index is 0.0207. The lowest BCUT2D eigenvalue weighted by Gasteiger charge is -2.10. The highest BCUT2D eigenvalue weighted by atomic mass is 16.5. The molecule has 1 atom stereocenters. The third-order valence-corrected chi connectivity index (χ3v) is 3.32. The first-order valence-corrected chi connectivity index (χ1v) is 7.85. The van der Waals surface area contributed by atoms with Crippen molar-refractivity contribution in [1.82, 2.24) is 0 Å².